The summed E-state index contributed by atoms with van der Waals surface area (Å²) in [5.41, 5.74) is 4.44. The zero-order chi connectivity index (χ0) is 18.2. The summed E-state index contributed by atoms with van der Waals surface area (Å²) in [5, 5.41) is 27.1. The largest absolute Gasteiger partial charge is 0.478 e. The second-order valence-electron chi connectivity index (χ2n) is 6.25. The number of benzene rings is 2. The van der Waals surface area contributed by atoms with Crippen LogP contribution in [-0.4, -0.2) is 34.5 Å². The first-order chi connectivity index (χ1) is 12.0. The normalized spacial score (nSPS) is 10.8. The molecule has 4 heteroatoms. The molecule has 4 nitrogen and oxygen atoms in total. The van der Waals surface area contributed by atoms with Gasteiger partial charge in [0.05, 0.1) is 0 Å². The van der Waals surface area contributed by atoms with Gasteiger partial charge in [-0.15, -0.1) is 0 Å². The van der Waals surface area contributed by atoms with Crippen molar-refractivity contribution in [3.8, 4) is 11.1 Å². The number of aliphatic hydroxyl groups is 2. The number of aliphatic carboxylic acids is 1. The number of carboxylic acid groups (broad SMARTS) is 1. The molecule has 0 radical (unpaired) electrons. The van der Waals surface area contributed by atoms with E-state index in [-0.39, 0.29) is 24.7 Å². The van der Waals surface area contributed by atoms with Gasteiger partial charge in [0, 0.05) is 31.1 Å². The van der Waals surface area contributed by atoms with Crippen molar-refractivity contribution in [1.29, 1.82) is 0 Å². The number of aliphatic hydroxyl groups excluding tert-OH is 2. The molecule has 0 fully saturated rings. The van der Waals surface area contributed by atoms with Crippen molar-refractivity contribution in [2.24, 2.45) is 5.92 Å². The Kier molecular flexibility index (Phi) is 6.92. The molecular formula is C21H24O4. The molecule has 25 heavy (non-hydrogen) atoms. The molecule has 0 aromatic heterocycles. The van der Waals surface area contributed by atoms with Crippen LogP contribution >= 0.6 is 0 Å². The predicted molar refractivity (Wildman–Crippen MR) is 98.3 cm³/mol. The number of aryl methyl sites for hydroxylation is 1. The summed E-state index contributed by atoms with van der Waals surface area (Å²) in [5.74, 6) is -1.03. The number of hydrogen-bond acceptors (Lipinski definition) is 3. The van der Waals surface area contributed by atoms with E-state index in [2.05, 4.69) is 18.7 Å². The maximum absolute atomic E-state index is 10.8. The summed E-state index contributed by atoms with van der Waals surface area (Å²) in [4.78, 5) is 10.8. The minimum Gasteiger partial charge on any atom is -0.478 e. The van der Waals surface area contributed by atoms with Gasteiger partial charge in [-0.25, -0.2) is 4.79 Å². The van der Waals surface area contributed by atoms with Gasteiger partial charge < -0.3 is 15.3 Å². The summed E-state index contributed by atoms with van der Waals surface area (Å²) >= 11 is 0. The summed E-state index contributed by atoms with van der Waals surface area (Å²) in [6, 6.07) is 16.0. The van der Waals surface area contributed by atoms with Crippen LogP contribution in [0.2, 0.25) is 0 Å². The first-order valence-electron chi connectivity index (χ1n) is 8.34. The lowest BCUT2D eigenvalue weighted by Crippen LogP contribution is -2.11. The van der Waals surface area contributed by atoms with Crippen molar-refractivity contribution in [1.82, 2.24) is 0 Å². The summed E-state index contributed by atoms with van der Waals surface area (Å²) < 4.78 is 0. The topological polar surface area (TPSA) is 77.8 Å². The molecule has 0 aliphatic carbocycles. The number of carbonyl (C=O) groups is 1. The van der Waals surface area contributed by atoms with E-state index in [4.69, 9.17) is 15.3 Å². The third kappa shape index (κ3) is 5.55. The van der Waals surface area contributed by atoms with E-state index in [1.807, 2.05) is 36.4 Å². The molecule has 2 aromatic rings. The van der Waals surface area contributed by atoms with E-state index < -0.39 is 5.97 Å². The third-order valence-electron chi connectivity index (χ3n) is 4.32. The highest BCUT2D eigenvalue weighted by Gasteiger charge is 2.07. The predicted octanol–water partition coefficient (Wildman–Crippen LogP) is 3.07. The molecule has 0 amide bonds. The Labute approximate surface area is 148 Å². The highest BCUT2D eigenvalue weighted by molar-refractivity contribution is 5.86. The summed E-state index contributed by atoms with van der Waals surface area (Å²) in [6.07, 6.45) is 1.92. The Morgan fingerprint density at radius 1 is 0.880 bits per heavy atom. The molecule has 0 unspecified atom stereocenters. The van der Waals surface area contributed by atoms with E-state index in [1.165, 1.54) is 5.56 Å². The van der Waals surface area contributed by atoms with Crippen LogP contribution in [0, 0.1) is 5.92 Å². The van der Waals surface area contributed by atoms with Gasteiger partial charge in [0.1, 0.15) is 0 Å². The zero-order valence-electron chi connectivity index (χ0n) is 14.2. The van der Waals surface area contributed by atoms with Gasteiger partial charge >= 0.3 is 5.97 Å². The lowest BCUT2D eigenvalue weighted by atomic mass is 9.97. The summed E-state index contributed by atoms with van der Waals surface area (Å²) in [7, 11) is 0. The van der Waals surface area contributed by atoms with Crippen LogP contribution in [0.1, 0.15) is 17.5 Å². The van der Waals surface area contributed by atoms with Gasteiger partial charge in [-0.3, -0.25) is 0 Å². The van der Waals surface area contributed by atoms with E-state index in [9.17, 15) is 4.79 Å². The fourth-order valence-electron chi connectivity index (χ4n) is 2.61. The van der Waals surface area contributed by atoms with E-state index in [0.717, 1.165) is 29.5 Å². The minimum atomic E-state index is -0.968. The molecule has 0 saturated carbocycles. The Hall–Kier alpha value is -2.43. The Bertz CT molecular complexity index is 698. The second-order valence-corrected chi connectivity index (χ2v) is 6.25. The minimum absolute atomic E-state index is 0.00916. The van der Waals surface area contributed by atoms with Crippen molar-refractivity contribution >= 4 is 5.97 Å². The highest BCUT2D eigenvalue weighted by atomic mass is 16.4. The Balaban J connectivity index is 1.99. The van der Waals surface area contributed by atoms with Gasteiger partial charge in [0.15, 0.2) is 0 Å². The van der Waals surface area contributed by atoms with E-state index >= 15 is 0 Å². The van der Waals surface area contributed by atoms with Gasteiger partial charge in [-0.1, -0.05) is 55.1 Å². The summed E-state index contributed by atoms with van der Waals surface area (Å²) in [6.45, 7) is 3.57. The van der Waals surface area contributed by atoms with E-state index in [1.54, 1.807) is 0 Å². The van der Waals surface area contributed by atoms with Crippen LogP contribution in [0.5, 0.6) is 0 Å². The van der Waals surface area contributed by atoms with Crippen molar-refractivity contribution in [3.05, 3.63) is 71.8 Å². The molecule has 132 valence electrons. The molecular weight excluding hydrogens is 316 g/mol. The second kappa shape index (κ2) is 9.16. The monoisotopic (exact) mass is 340 g/mol. The van der Waals surface area contributed by atoms with Crippen LogP contribution in [0.4, 0.5) is 0 Å². The standard InChI is InChI=1S/C21H24O4/c1-15(21(24)25)12-17-6-10-20(11-7-17)19-8-4-16(5-9-19)2-3-18(13-22)14-23/h4-11,18,22-23H,1-3,12-14H2,(H,24,25). The molecule has 0 saturated heterocycles. The number of carboxylic acids is 1. The lowest BCUT2D eigenvalue weighted by Gasteiger charge is -2.11. The van der Waals surface area contributed by atoms with Gasteiger partial charge in [-0.05, 0) is 35.1 Å². The number of rotatable bonds is 9. The van der Waals surface area contributed by atoms with Gasteiger partial charge in [0.2, 0.25) is 0 Å². The molecule has 0 bridgehead atoms. The molecule has 0 aliphatic heterocycles. The number of hydrogen-bond donors (Lipinski definition) is 3. The van der Waals surface area contributed by atoms with Crippen LogP contribution in [0.15, 0.2) is 60.7 Å². The van der Waals surface area contributed by atoms with Crippen LogP contribution in [0.3, 0.4) is 0 Å². The van der Waals surface area contributed by atoms with E-state index in [0.29, 0.717) is 6.42 Å². The SMILES string of the molecule is C=C(Cc1ccc(-c2ccc(CCC(CO)CO)cc2)cc1)C(=O)O. The molecule has 2 rings (SSSR count). The smallest absolute Gasteiger partial charge is 0.331 e. The maximum Gasteiger partial charge on any atom is 0.331 e. The molecule has 0 aliphatic rings. The van der Waals surface area contributed by atoms with Crippen LogP contribution in [0.25, 0.3) is 11.1 Å². The molecule has 0 atom stereocenters. The average Bonchev–Trinajstić information content (AvgIpc) is 2.63. The van der Waals surface area contributed by atoms with Crippen molar-refractivity contribution < 1.29 is 20.1 Å². The maximum atomic E-state index is 10.8. The third-order valence-corrected chi connectivity index (χ3v) is 4.32. The molecule has 3 N–H and O–H groups in total. The average molecular weight is 340 g/mol. The molecule has 0 heterocycles. The van der Waals surface area contributed by atoms with Crippen molar-refractivity contribution in [2.45, 2.75) is 19.3 Å². The molecule has 0 spiro atoms. The van der Waals surface area contributed by atoms with Gasteiger partial charge in [0.25, 0.3) is 0 Å². The molecule has 2 aromatic carbocycles. The Morgan fingerprint density at radius 3 is 1.80 bits per heavy atom. The fourth-order valence-corrected chi connectivity index (χ4v) is 2.61. The van der Waals surface area contributed by atoms with Crippen molar-refractivity contribution in [2.75, 3.05) is 13.2 Å². The van der Waals surface area contributed by atoms with Crippen molar-refractivity contribution in [3.63, 3.8) is 0 Å². The van der Waals surface area contributed by atoms with Crippen LogP contribution in [-0.2, 0) is 17.6 Å². The first kappa shape index (κ1) is 18.9. The zero-order valence-corrected chi connectivity index (χ0v) is 14.2. The lowest BCUT2D eigenvalue weighted by molar-refractivity contribution is -0.132. The Morgan fingerprint density at radius 2 is 1.36 bits per heavy atom. The fraction of sp³-hybridized carbons (Fsp3) is 0.286. The van der Waals surface area contributed by atoms with Crippen LogP contribution < -0.4 is 0 Å². The van der Waals surface area contributed by atoms with Gasteiger partial charge in [-0.2, -0.15) is 0 Å². The first-order valence-corrected chi connectivity index (χ1v) is 8.34. The highest BCUT2D eigenvalue weighted by Crippen LogP contribution is 2.22. The quantitative estimate of drug-likeness (QED) is 0.613.